The molecule has 3 rings (SSSR count). The molecule has 0 aliphatic carbocycles. The second-order valence-electron chi connectivity index (χ2n) is 7.63. The number of methoxy groups -OCH3 is 2. The summed E-state index contributed by atoms with van der Waals surface area (Å²) in [4.78, 5) is 30.1. The van der Waals surface area contributed by atoms with Crippen molar-refractivity contribution in [2.75, 3.05) is 48.5 Å². The van der Waals surface area contributed by atoms with Crippen LogP contribution in [-0.4, -0.2) is 70.1 Å². The fourth-order valence-corrected chi connectivity index (χ4v) is 3.92. The second-order valence-corrected chi connectivity index (χ2v) is 7.63. The number of hydrogen-bond acceptors (Lipinski definition) is 5. The molecule has 2 aromatic carbocycles. The molecule has 7 heteroatoms. The molecule has 1 N–H and O–H groups in total. The summed E-state index contributed by atoms with van der Waals surface area (Å²) in [7, 11) is 8.80. The van der Waals surface area contributed by atoms with Gasteiger partial charge < -0.3 is 24.6 Å². The first-order valence-corrected chi connectivity index (χ1v) is 9.89. The monoisotopic (exact) mass is 411 g/mol. The van der Waals surface area contributed by atoms with Crippen molar-refractivity contribution in [1.29, 1.82) is 0 Å². The number of rotatable bonds is 7. The topological polar surface area (TPSA) is 71.1 Å². The first-order valence-electron chi connectivity index (χ1n) is 9.89. The van der Waals surface area contributed by atoms with E-state index >= 15 is 0 Å². The van der Waals surface area contributed by atoms with Crippen LogP contribution in [0.1, 0.15) is 33.4 Å². The third kappa shape index (κ3) is 4.11. The van der Waals surface area contributed by atoms with E-state index in [4.69, 9.17) is 9.47 Å². The lowest BCUT2D eigenvalue weighted by Crippen LogP contribution is -2.46. The van der Waals surface area contributed by atoms with Crippen molar-refractivity contribution < 1.29 is 19.1 Å². The summed E-state index contributed by atoms with van der Waals surface area (Å²) in [5.74, 6) is 0.398. The van der Waals surface area contributed by atoms with Crippen LogP contribution in [0.5, 0.6) is 11.5 Å². The molecule has 1 aliphatic rings. The van der Waals surface area contributed by atoms with Gasteiger partial charge in [-0.25, -0.2) is 0 Å². The van der Waals surface area contributed by atoms with Crippen LogP contribution in [0.3, 0.4) is 0 Å². The lowest BCUT2D eigenvalue weighted by Gasteiger charge is -2.40. The van der Waals surface area contributed by atoms with E-state index in [1.54, 1.807) is 38.3 Å². The van der Waals surface area contributed by atoms with Gasteiger partial charge in [-0.3, -0.25) is 9.59 Å². The zero-order valence-electron chi connectivity index (χ0n) is 18.1. The minimum absolute atomic E-state index is 0.108. The van der Waals surface area contributed by atoms with Gasteiger partial charge in [-0.15, -0.1) is 0 Å². The average Bonchev–Trinajstić information content (AvgIpc) is 2.75. The molecular weight excluding hydrogens is 382 g/mol. The molecule has 2 atom stereocenters. The summed E-state index contributed by atoms with van der Waals surface area (Å²) in [5, 5.41) is 3.04. The highest BCUT2D eigenvalue weighted by atomic mass is 16.5. The summed E-state index contributed by atoms with van der Waals surface area (Å²) in [6, 6.07) is 12.4. The Labute approximate surface area is 177 Å². The normalized spacial score (nSPS) is 18.2. The summed E-state index contributed by atoms with van der Waals surface area (Å²) in [6.07, 6.45) is 0. The maximum absolute atomic E-state index is 13.3. The van der Waals surface area contributed by atoms with E-state index in [2.05, 4.69) is 5.32 Å². The quantitative estimate of drug-likeness (QED) is 0.757. The number of ether oxygens (including phenoxy) is 2. The van der Waals surface area contributed by atoms with Gasteiger partial charge in [0.1, 0.15) is 0 Å². The molecular formula is C23H29N3O4. The SMILES string of the molecule is COc1ccc([C@H]2[C@H](C(=O)NCCN(C)C)c3ccccc3C(=O)N2C)cc1OC. The molecule has 7 nitrogen and oxygen atoms in total. The molecule has 2 amide bonds. The lowest BCUT2D eigenvalue weighted by atomic mass is 9.79. The lowest BCUT2D eigenvalue weighted by molar-refractivity contribution is -0.124. The zero-order chi connectivity index (χ0) is 21.8. The smallest absolute Gasteiger partial charge is 0.254 e. The number of nitrogens with zero attached hydrogens (tertiary/aromatic N) is 2. The number of carbonyl (C=O) groups excluding carboxylic acids is 2. The van der Waals surface area contributed by atoms with Crippen molar-refractivity contribution >= 4 is 11.8 Å². The molecule has 2 aromatic rings. The van der Waals surface area contributed by atoms with Gasteiger partial charge in [0, 0.05) is 25.7 Å². The number of fused-ring (bicyclic) bond motifs is 1. The minimum Gasteiger partial charge on any atom is -0.493 e. The number of benzene rings is 2. The average molecular weight is 412 g/mol. The van der Waals surface area contributed by atoms with Crippen molar-refractivity contribution in [2.24, 2.45) is 0 Å². The van der Waals surface area contributed by atoms with Crippen molar-refractivity contribution in [3.63, 3.8) is 0 Å². The molecule has 30 heavy (non-hydrogen) atoms. The predicted octanol–water partition coefficient (Wildman–Crippen LogP) is 2.29. The van der Waals surface area contributed by atoms with Crippen molar-refractivity contribution in [3.8, 4) is 11.5 Å². The van der Waals surface area contributed by atoms with Crippen molar-refractivity contribution in [1.82, 2.24) is 15.1 Å². The van der Waals surface area contributed by atoms with Crippen LogP contribution < -0.4 is 14.8 Å². The number of nitrogens with one attached hydrogen (secondary N) is 1. The molecule has 1 aliphatic heterocycles. The van der Waals surface area contributed by atoms with Crippen LogP contribution >= 0.6 is 0 Å². The van der Waals surface area contributed by atoms with Gasteiger partial charge in [0.05, 0.1) is 26.2 Å². The van der Waals surface area contributed by atoms with Crippen LogP contribution in [0.15, 0.2) is 42.5 Å². The molecule has 0 radical (unpaired) electrons. The van der Waals surface area contributed by atoms with Crippen LogP contribution in [0, 0.1) is 0 Å². The van der Waals surface area contributed by atoms with Crippen molar-refractivity contribution in [2.45, 2.75) is 12.0 Å². The highest BCUT2D eigenvalue weighted by Crippen LogP contribution is 2.43. The zero-order valence-corrected chi connectivity index (χ0v) is 18.1. The number of likely N-dealkylation sites (N-methyl/N-ethyl adjacent to an activating group) is 2. The van der Waals surface area contributed by atoms with E-state index in [9.17, 15) is 9.59 Å². The van der Waals surface area contributed by atoms with Gasteiger partial charge >= 0.3 is 0 Å². The Morgan fingerprint density at radius 1 is 1.10 bits per heavy atom. The van der Waals surface area contributed by atoms with E-state index < -0.39 is 12.0 Å². The fourth-order valence-electron chi connectivity index (χ4n) is 3.92. The Kier molecular flexibility index (Phi) is 6.62. The largest absolute Gasteiger partial charge is 0.493 e. The maximum Gasteiger partial charge on any atom is 0.254 e. The van der Waals surface area contributed by atoms with E-state index in [0.29, 0.717) is 23.6 Å². The summed E-state index contributed by atoms with van der Waals surface area (Å²) in [6.45, 7) is 1.26. The van der Waals surface area contributed by atoms with Gasteiger partial charge in [-0.1, -0.05) is 24.3 Å². The van der Waals surface area contributed by atoms with Gasteiger partial charge in [-0.2, -0.15) is 0 Å². The molecule has 0 fully saturated rings. The highest BCUT2D eigenvalue weighted by Gasteiger charge is 2.42. The first-order chi connectivity index (χ1) is 14.4. The summed E-state index contributed by atoms with van der Waals surface area (Å²) < 4.78 is 10.8. The van der Waals surface area contributed by atoms with Crippen LogP contribution in [-0.2, 0) is 4.79 Å². The summed E-state index contributed by atoms with van der Waals surface area (Å²) >= 11 is 0. The van der Waals surface area contributed by atoms with E-state index in [1.165, 1.54) is 0 Å². The molecule has 1 heterocycles. The van der Waals surface area contributed by atoms with E-state index in [1.807, 2.05) is 49.3 Å². The Bertz CT molecular complexity index is 928. The summed E-state index contributed by atoms with van der Waals surface area (Å²) in [5.41, 5.74) is 2.11. The maximum atomic E-state index is 13.3. The predicted molar refractivity (Wildman–Crippen MR) is 115 cm³/mol. The van der Waals surface area contributed by atoms with Crippen LogP contribution in [0.4, 0.5) is 0 Å². The Balaban J connectivity index is 2.06. The third-order valence-electron chi connectivity index (χ3n) is 5.47. The second kappa shape index (κ2) is 9.17. The van der Waals surface area contributed by atoms with Gasteiger partial charge in [0.2, 0.25) is 5.91 Å². The fraction of sp³-hybridized carbons (Fsp3) is 0.391. The molecule has 0 aromatic heterocycles. The Morgan fingerprint density at radius 2 is 1.80 bits per heavy atom. The first kappa shape index (κ1) is 21.6. The van der Waals surface area contributed by atoms with Crippen LogP contribution in [0.25, 0.3) is 0 Å². The van der Waals surface area contributed by atoms with Gasteiger partial charge in [-0.05, 0) is 43.4 Å². The third-order valence-corrected chi connectivity index (χ3v) is 5.47. The molecule has 0 spiro atoms. The number of amides is 2. The molecule has 0 saturated carbocycles. The van der Waals surface area contributed by atoms with Gasteiger partial charge in [0.25, 0.3) is 5.91 Å². The van der Waals surface area contributed by atoms with E-state index in [-0.39, 0.29) is 11.8 Å². The molecule has 0 bridgehead atoms. The molecule has 0 unspecified atom stereocenters. The van der Waals surface area contributed by atoms with Crippen molar-refractivity contribution in [3.05, 3.63) is 59.2 Å². The number of hydrogen-bond donors (Lipinski definition) is 1. The standard InChI is InChI=1S/C23H29N3O4/c1-25(2)13-12-24-22(27)20-16-8-6-7-9-17(16)23(28)26(3)21(20)15-10-11-18(29-4)19(14-15)30-5/h6-11,14,20-21H,12-13H2,1-5H3,(H,24,27)/t20-,21+/m1/s1. The molecule has 0 saturated heterocycles. The minimum atomic E-state index is -0.538. The van der Waals surface area contributed by atoms with Gasteiger partial charge in [0.15, 0.2) is 11.5 Å². The molecule has 160 valence electrons. The highest BCUT2D eigenvalue weighted by molar-refractivity contribution is 6.01. The Hall–Kier alpha value is -3.06. The van der Waals surface area contributed by atoms with Crippen LogP contribution in [0.2, 0.25) is 0 Å². The number of carbonyl (C=O) groups is 2. The van der Waals surface area contributed by atoms with E-state index in [0.717, 1.165) is 17.7 Å². The Morgan fingerprint density at radius 3 is 2.47 bits per heavy atom.